The third-order valence-corrected chi connectivity index (χ3v) is 9.12. The van der Waals surface area contributed by atoms with Gasteiger partial charge in [-0.2, -0.15) is 0 Å². The van der Waals surface area contributed by atoms with E-state index in [2.05, 4.69) is 0 Å². The molecule has 1 aliphatic heterocycles. The Labute approximate surface area is 215 Å². The minimum absolute atomic E-state index is 0.0330. The van der Waals surface area contributed by atoms with Gasteiger partial charge in [0.1, 0.15) is 0 Å². The number of hydrogen-bond acceptors (Lipinski definition) is 4. The molecule has 5 nitrogen and oxygen atoms in total. The number of rotatable bonds is 7. The fourth-order valence-electron chi connectivity index (χ4n) is 4.69. The second kappa shape index (κ2) is 9.58. The number of nitrogens with zero attached hydrogens (tertiary/aromatic N) is 1. The van der Waals surface area contributed by atoms with Gasteiger partial charge < -0.3 is 5.11 Å². The van der Waals surface area contributed by atoms with Gasteiger partial charge in [0.2, 0.25) is 0 Å². The first-order valence-corrected chi connectivity index (χ1v) is 13.8. The van der Waals surface area contributed by atoms with E-state index in [1.54, 1.807) is 42.5 Å². The molecular formula is C27H25Cl2NO4S. The van der Waals surface area contributed by atoms with E-state index < -0.39 is 10.0 Å². The second-order valence-electron chi connectivity index (χ2n) is 9.30. The minimum atomic E-state index is -3.86. The van der Waals surface area contributed by atoms with Crippen LogP contribution in [0.3, 0.4) is 0 Å². The van der Waals surface area contributed by atoms with E-state index >= 15 is 0 Å². The minimum Gasteiger partial charge on any atom is -0.396 e. The first-order chi connectivity index (χ1) is 16.8. The maximum Gasteiger partial charge on any atom is 0.264 e. The van der Waals surface area contributed by atoms with Crippen LogP contribution < -0.4 is 4.31 Å². The van der Waals surface area contributed by atoms with Crippen molar-refractivity contribution in [3.8, 4) is 0 Å². The summed E-state index contributed by atoms with van der Waals surface area (Å²) in [5, 5.41) is 10.4. The quantitative estimate of drug-likeness (QED) is 0.401. The number of aliphatic hydroxyl groups is 1. The number of benzene rings is 3. The van der Waals surface area contributed by atoms with Gasteiger partial charge in [-0.3, -0.25) is 9.10 Å². The first-order valence-electron chi connectivity index (χ1n) is 11.6. The molecule has 3 aromatic rings. The van der Waals surface area contributed by atoms with Gasteiger partial charge in [-0.15, -0.1) is 0 Å². The van der Waals surface area contributed by atoms with Crippen LogP contribution in [0, 0.1) is 5.92 Å². The summed E-state index contributed by atoms with van der Waals surface area (Å²) in [7, 11) is -3.86. The van der Waals surface area contributed by atoms with E-state index in [-0.39, 0.29) is 51.8 Å². The molecule has 1 heterocycles. The summed E-state index contributed by atoms with van der Waals surface area (Å²) in [6.07, 6.45) is 2.75. The predicted octanol–water partition coefficient (Wildman–Crippen LogP) is 5.66. The summed E-state index contributed by atoms with van der Waals surface area (Å²) in [5.41, 5.74) is 3.33. The topological polar surface area (TPSA) is 74.7 Å². The highest BCUT2D eigenvalue weighted by atomic mass is 35.5. The largest absolute Gasteiger partial charge is 0.396 e. The number of aliphatic hydroxyl groups excluding tert-OH is 1. The lowest BCUT2D eigenvalue weighted by Gasteiger charge is -2.35. The van der Waals surface area contributed by atoms with Gasteiger partial charge in [-0.25, -0.2) is 8.42 Å². The summed E-state index contributed by atoms with van der Waals surface area (Å²) < 4.78 is 29.0. The molecule has 0 unspecified atom stereocenters. The fourth-order valence-corrected chi connectivity index (χ4v) is 6.93. The average molecular weight is 530 g/mol. The fraction of sp³-hybridized carbons (Fsp3) is 0.296. The van der Waals surface area contributed by atoms with Gasteiger partial charge in [0.25, 0.3) is 10.0 Å². The Morgan fingerprint density at radius 1 is 1.00 bits per heavy atom. The number of ketones is 1. The Balaban J connectivity index is 1.51. The molecule has 8 heteroatoms. The van der Waals surface area contributed by atoms with Crippen molar-refractivity contribution in [1.82, 2.24) is 0 Å². The normalized spacial score (nSPS) is 17.8. The molecule has 35 heavy (non-hydrogen) atoms. The van der Waals surface area contributed by atoms with Crippen LogP contribution in [0.25, 0.3) is 0 Å². The number of anilines is 1. The lowest BCUT2D eigenvalue weighted by molar-refractivity contribution is 0.0993. The van der Waals surface area contributed by atoms with Crippen LogP contribution in [0.2, 0.25) is 10.0 Å². The molecule has 0 aromatic heterocycles. The third kappa shape index (κ3) is 4.85. The van der Waals surface area contributed by atoms with E-state index in [9.17, 15) is 18.3 Å². The van der Waals surface area contributed by atoms with Gasteiger partial charge in [-0.1, -0.05) is 53.5 Å². The molecule has 1 saturated carbocycles. The number of sulfonamides is 1. The Bertz CT molecular complexity index is 1380. The van der Waals surface area contributed by atoms with Gasteiger partial charge in [0.05, 0.1) is 26.2 Å². The molecule has 1 N–H and O–H groups in total. The van der Waals surface area contributed by atoms with Crippen LogP contribution in [0.5, 0.6) is 0 Å². The summed E-state index contributed by atoms with van der Waals surface area (Å²) in [6, 6.07) is 17.5. The number of carbonyl (C=O) groups is 1. The van der Waals surface area contributed by atoms with Crippen LogP contribution in [0.15, 0.2) is 65.6 Å². The predicted molar refractivity (Wildman–Crippen MR) is 138 cm³/mol. The summed E-state index contributed by atoms with van der Waals surface area (Å²) >= 11 is 12.4. The highest BCUT2D eigenvalue weighted by molar-refractivity contribution is 7.92. The molecule has 0 radical (unpaired) electrons. The van der Waals surface area contributed by atoms with E-state index in [0.29, 0.717) is 23.6 Å². The number of Topliss-reactive ketones (excluding diaryl/α,β-unsaturated/α-hetero) is 1. The van der Waals surface area contributed by atoms with Crippen molar-refractivity contribution in [3.05, 3.63) is 93.0 Å². The molecule has 0 spiro atoms. The molecule has 0 saturated heterocycles. The molecule has 182 valence electrons. The van der Waals surface area contributed by atoms with Crippen LogP contribution in [0.1, 0.15) is 45.8 Å². The van der Waals surface area contributed by atoms with Crippen molar-refractivity contribution in [2.45, 2.75) is 36.5 Å². The molecule has 3 aromatic carbocycles. The summed E-state index contributed by atoms with van der Waals surface area (Å²) in [5.74, 6) is -0.0207. The standard InChI is InChI=1S/C27H25Cl2NO4S/c28-23-5-2-6-24(29)27(23)26(32)13-17-7-8-21-11-18(16-31)15-30(25(21)12-17)35(33,34)22-4-1-3-20(14-22)19-9-10-19/h1-8,12,14,18-19,31H,9-11,13,15-16H2/t18-/m1/s1. The highest BCUT2D eigenvalue weighted by Gasteiger charge is 2.34. The van der Waals surface area contributed by atoms with Crippen molar-refractivity contribution < 1.29 is 18.3 Å². The zero-order valence-electron chi connectivity index (χ0n) is 19.0. The van der Waals surface area contributed by atoms with Gasteiger partial charge in [-0.05, 0) is 72.2 Å². The zero-order chi connectivity index (χ0) is 24.7. The van der Waals surface area contributed by atoms with E-state index in [1.165, 1.54) is 4.31 Å². The van der Waals surface area contributed by atoms with Crippen molar-refractivity contribution in [2.24, 2.45) is 5.92 Å². The number of hydrogen-bond donors (Lipinski definition) is 1. The molecular weight excluding hydrogens is 505 g/mol. The van der Waals surface area contributed by atoms with Gasteiger partial charge in [0, 0.05) is 25.5 Å². The number of fused-ring (bicyclic) bond motifs is 1. The van der Waals surface area contributed by atoms with Gasteiger partial charge >= 0.3 is 0 Å². The Morgan fingerprint density at radius 3 is 2.40 bits per heavy atom. The average Bonchev–Trinajstić information content (AvgIpc) is 3.69. The van der Waals surface area contributed by atoms with Crippen LogP contribution >= 0.6 is 23.2 Å². The Hall–Kier alpha value is -2.38. The van der Waals surface area contributed by atoms with E-state index in [4.69, 9.17) is 23.2 Å². The summed E-state index contributed by atoms with van der Waals surface area (Å²) in [4.78, 5) is 13.2. The van der Waals surface area contributed by atoms with E-state index in [0.717, 1.165) is 24.0 Å². The molecule has 0 bridgehead atoms. The highest BCUT2D eigenvalue weighted by Crippen LogP contribution is 2.41. The molecule has 2 aliphatic rings. The maximum absolute atomic E-state index is 13.8. The smallest absolute Gasteiger partial charge is 0.264 e. The number of carbonyl (C=O) groups excluding carboxylic acids is 1. The van der Waals surface area contributed by atoms with Crippen molar-refractivity contribution >= 4 is 44.7 Å². The molecule has 1 atom stereocenters. The molecule has 5 rings (SSSR count). The molecule has 1 fully saturated rings. The molecule has 1 aliphatic carbocycles. The lowest BCUT2D eigenvalue weighted by Crippen LogP contribution is -2.41. The zero-order valence-corrected chi connectivity index (χ0v) is 21.3. The van der Waals surface area contributed by atoms with Crippen molar-refractivity contribution in [1.29, 1.82) is 0 Å². The van der Waals surface area contributed by atoms with E-state index in [1.807, 2.05) is 18.2 Å². The Kier molecular flexibility index (Phi) is 6.66. The number of halogens is 2. The van der Waals surface area contributed by atoms with Gasteiger partial charge in [0.15, 0.2) is 5.78 Å². The third-order valence-electron chi connectivity index (χ3n) is 6.71. The van der Waals surface area contributed by atoms with Crippen LogP contribution in [0.4, 0.5) is 5.69 Å². The maximum atomic E-state index is 13.8. The lowest BCUT2D eigenvalue weighted by atomic mass is 9.92. The van der Waals surface area contributed by atoms with Crippen LogP contribution in [-0.4, -0.2) is 32.5 Å². The first kappa shape index (κ1) is 24.3. The monoisotopic (exact) mass is 529 g/mol. The van der Waals surface area contributed by atoms with Crippen molar-refractivity contribution in [2.75, 3.05) is 17.5 Å². The van der Waals surface area contributed by atoms with Crippen LogP contribution in [-0.2, 0) is 22.9 Å². The van der Waals surface area contributed by atoms with Crippen molar-refractivity contribution in [3.63, 3.8) is 0 Å². The molecule has 0 amide bonds. The second-order valence-corrected chi connectivity index (χ2v) is 12.0. The Morgan fingerprint density at radius 2 is 1.71 bits per heavy atom. The summed E-state index contributed by atoms with van der Waals surface area (Å²) in [6.45, 7) is 0.0616. The SMILES string of the molecule is O=C(Cc1ccc2c(c1)N(S(=O)(=O)c1cccc(C3CC3)c1)C[C@H](CO)C2)c1c(Cl)cccc1Cl.